The first-order valence-corrected chi connectivity index (χ1v) is 7.57. The predicted molar refractivity (Wildman–Crippen MR) is 81.0 cm³/mol. The largest absolute Gasteiger partial charge is 0.491 e. The molecule has 0 spiro atoms. The molecular formula is C14H20N4OS. The van der Waals surface area contributed by atoms with Gasteiger partial charge in [0.15, 0.2) is 0 Å². The predicted octanol–water partition coefficient (Wildman–Crippen LogP) is 2.69. The molecule has 6 heteroatoms. The van der Waals surface area contributed by atoms with E-state index < -0.39 is 0 Å². The zero-order valence-electron chi connectivity index (χ0n) is 12.0. The van der Waals surface area contributed by atoms with Crippen LogP contribution in [0.4, 0.5) is 0 Å². The van der Waals surface area contributed by atoms with Crippen LogP contribution in [0.5, 0.6) is 5.75 Å². The molecule has 0 aliphatic heterocycles. The summed E-state index contributed by atoms with van der Waals surface area (Å²) in [5.41, 5.74) is 7.26. The highest BCUT2D eigenvalue weighted by Crippen LogP contribution is 2.22. The Morgan fingerprint density at radius 1 is 1.30 bits per heavy atom. The number of H-pyrrole nitrogens is 1. The molecule has 0 saturated heterocycles. The van der Waals surface area contributed by atoms with Crippen molar-refractivity contribution < 1.29 is 4.74 Å². The van der Waals surface area contributed by atoms with Crippen LogP contribution in [0.2, 0.25) is 0 Å². The van der Waals surface area contributed by atoms with Crippen molar-refractivity contribution in [3.8, 4) is 5.75 Å². The molecule has 1 unspecified atom stereocenters. The first-order valence-electron chi connectivity index (χ1n) is 6.58. The lowest BCUT2D eigenvalue weighted by Gasteiger charge is -2.13. The van der Waals surface area contributed by atoms with Crippen LogP contribution in [0, 0.1) is 6.92 Å². The molecule has 2 rings (SSSR count). The molecule has 3 N–H and O–H groups in total. The Balaban J connectivity index is 1.90. The van der Waals surface area contributed by atoms with Crippen molar-refractivity contribution in [1.82, 2.24) is 15.2 Å². The van der Waals surface area contributed by atoms with Crippen LogP contribution in [-0.4, -0.2) is 27.0 Å². The zero-order valence-corrected chi connectivity index (χ0v) is 12.8. The summed E-state index contributed by atoms with van der Waals surface area (Å²) in [6.07, 6.45) is 0.180. The second kappa shape index (κ2) is 6.76. The minimum atomic E-state index is -0.0492. The summed E-state index contributed by atoms with van der Waals surface area (Å²) in [5, 5.41) is 7.63. The molecule has 0 amide bonds. The number of nitrogens with one attached hydrogen (secondary N) is 1. The van der Waals surface area contributed by atoms with E-state index in [4.69, 9.17) is 10.5 Å². The van der Waals surface area contributed by atoms with E-state index in [1.54, 1.807) is 11.8 Å². The molecule has 0 saturated carbocycles. The molecule has 1 aromatic heterocycles. The highest BCUT2D eigenvalue weighted by Gasteiger charge is 2.09. The van der Waals surface area contributed by atoms with Crippen LogP contribution >= 0.6 is 11.8 Å². The number of aryl methyl sites for hydroxylation is 1. The number of ether oxygens (including phenoxy) is 1. The first-order chi connectivity index (χ1) is 9.54. The van der Waals surface area contributed by atoms with Gasteiger partial charge in [0.2, 0.25) is 5.16 Å². The molecule has 5 nitrogen and oxygen atoms in total. The Bertz CT molecular complexity index is 538. The fraction of sp³-hybridized carbons (Fsp3) is 0.429. The molecule has 1 atom stereocenters. The second-order valence-electron chi connectivity index (χ2n) is 4.86. The van der Waals surface area contributed by atoms with E-state index >= 15 is 0 Å². The Morgan fingerprint density at radius 2 is 2.00 bits per heavy atom. The lowest BCUT2D eigenvalue weighted by molar-refractivity contribution is 0.242. The molecule has 1 aromatic carbocycles. The molecule has 1 heterocycles. The third kappa shape index (κ3) is 4.25. The average Bonchev–Trinajstić information content (AvgIpc) is 2.82. The summed E-state index contributed by atoms with van der Waals surface area (Å²) in [4.78, 5) is 4.24. The minimum Gasteiger partial charge on any atom is -0.491 e. The smallest absolute Gasteiger partial charge is 0.208 e. The first kappa shape index (κ1) is 14.9. The van der Waals surface area contributed by atoms with Gasteiger partial charge in [-0.25, -0.2) is 4.98 Å². The fourth-order valence-corrected chi connectivity index (χ4v) is 2.55. The van der Waals surface area contributed by atoms with E-state index in [-0.39, 0.29) is 12.1 Å². The number of aromatic nitrogens is 3. The van der Waals surface area contributed by atoms with Crippen LogP contribution in [0.3, 0.4) is 0 Å². The van der Waals surface area contributed by atoms with Crippen molar-refractivity contribution in [2.45, 2.75) is 38.1 Å². The monoisotopic (exact) mass is 292 g/mol. The maximum atomic E-state index is 6.17. The van der Waals surface area contributed by atoms with E-state index in [9.17, 15) is 0 Å². The SMILES string of the molecule is Cc1nc(SCC(N)c2ccc(OC(C)C)cc2)n[nH]1. The number of aromatic amines is 1. The molecule has 0 radical (unpaired) electrons. The number of benzene rings is 1. The van der Waals surface area contributed by atoms with Gasteiger partial charge in [-0.15, -0.1) is 5.10 Å². The van der Waals surface area contributed by atoms with E-state index in [1.807, 2.05) is 45.0 Å². The molecule has 2 aromatic rings. The molecular weight excluding hydrogens is 272 g/mol. The fourth-order valence-electron chi connectivity index (χ4n) is 1.71. The van der Waals surface area contributed by atoms with Crippen molar-refractivity contribution in [3.63, 3.8) is 0 Å². The number of nitrogens with two attached hydrogens (primary N) is 1. The van der Waals surface area contributed by atoms with Gasteiger partial charge >= 0.3 is 0 Å². The molecule has 0 aliphatic carbocycles. The van der Waals surface area contributed by atoms with E-state index in [1.165, 1.54) is 0 Å². The van der Waals surface area contributed by atoms with Crippen molar-refractivity contribution >= 4 is 11.8 Å². The van der Waals surface area contributed by atoms with Crippen molar-refractivity contribution in [2.75, 3.05) is 5.75 Å². The van der Waals surface area contributed by atoms with Crippen molar-refractivity contribution in [1.29, 1.82) is 0 Å². The van der Waals surface area contributed by atoms with Crippen molar-refractivity contribution in [2.24, 2.45) is 5.73 Å². The Kier molecular flexibility index (Phi) is 5.03. The summed E-state index contributed by atoms with van der Waals surface area (Å²) >= 11 is 1.55. The lowest BCUT2D eigenvalue weighted by atomic mass is 10.1. The zero-order chi connectivity index (χ0) is 14.5. The summed E-state index contributed by atoms with van der Waals surface area (Å²) in [7, 11) is 0. The third-order valence-corrected chi connectivity index (χ3v) is 3.62. The Labute approximate surface area is 123 Å². The number of hydrogen-bond donors (Lipinski definition) is 2. The summed E-state index contributed by atoms with van der Waals surface area (Å²) in [6, 6.07) is 7.87. The Morgan fingerprint density at radius 3 is 2.55 bits per heavy atom. The normalized spacial score (nSPS) is 12.7. The average molecular weight is 292 g/mol. The molecule has 0 aliphatic rings. The molecule has 20 heavy (non-hydrogen) atoms. The van der Waals surface area contributed by atoms with Crippen LogP contribution in [0.1, 0.15) is 31.3 Å². The lowest BCUT2D eigenvalue weighted by Crippen LogP contribution is -2.13. The van der Waals surface area contributed by atoms with Gasteiger partial charge in [-0.1, -0.05) is 23.9 Å². The maximum Gasteiger partial charge on any atom is 0.208 e. The molecule has 0 fully saturated rings. The number of rotatable bonds is 6. The summed E-state index contributed by atoms with van der Waals surface area (Å²) in [5.74, 6) is 2.42. The van der Waals surface area contributed by atoms with Gasteiger partial charge in [-0.2, -0.15) is 0 Å². The van der Waals surface area contributed by atoms with E-state index in [0.717, 1.165) is 28.0 Å². The third-order valence-electron chi connectivity index (χ3n) is 2.65. The Hall–Kier alpha value is -1.53. The molecule has 0 bridgehead atoms. The van der Waals surface area contributed by atoms with Crippen LogP contribution in [-0.2, 0) is 0 Å². The molecule has 108 valence electrons. The van der Waals surface area contributed by atoms with Gasteiger partial charge < -0.3 is 10.5 Å². The van der Waals surface area contributed by atoms with E-state index in [0.29, 0.717) is 0 Å². The number of nitrogens with zero attached hydrogens (tertiary/aromatic N) is 2. The highest BCUT2D eigenvalue weighted by atomic mass is 32.2. The van der Waals surface area contributed by atoms with Gasteiger partial charge in [-0.05, 0) is 38.5 Å². The number of hydrogen-bond acceptors (Lipinski definition) is 5. The summed E-state index contributed by atoms with van der Waals surface area (Å²) in [6.45, 7) is 5.90. The minimum absolute atomic E-state index is 0.0492. The van der Waals surface area contributed by atoms with Gasteiger partial charge in [0.25, 0.3) is 0 Å². The van der Waals surface area contributed by atoms with Crippen LogP contribution < -0.4 is 10.5 Å². The topological polar surface area (TPSA) is 76.8 Å². The maximum absolute atomic E-state index is 6.17. The van der Waals surface area contributed by atoms with E-state index in [2.05, 4.69) is 15.2 Å². The van der Waals surface area contributed by atoms with Gasteiger partial charge in [0.1, 0.15) is 11.6 Å². The second-order valence-corrected chi connectivity index (χ2v) is 5.84. The van der Waals surface area contributed by atoms with Crippen molar-refractivity contribution in [3.05, 3.63) is 35.7 Å². The standard InChI is InChI=1S/C14H20N4OS/c1-9(2)19-12-6-4-11(5-7-12)13(15)8-20-14-16-10(3)17-18-14/h4-7,9,13H,8,15H2,1-3H3,(H,16,17,18). The van der Waals surface area contributed by atoms with Crippen LogP contribution in [0.15, 0.2) is 29.4 Å². The van der Waals surface area contributed by atoms with Crippen LogP contribution in [0.25, 0.3) is 0 Å². The van der Waals surface area contributed by atoms with Gasteiger partial charge in [0, 0.05) is 11.8 Å². The van der Waals surface area contributed by atoms with Gasteiger partial charge in [-0.3, -0.25) is 5.10 Å². The van der Waals surface area contributed by atoms with Gasteiger partial charge in [0.05, 0.1) is 6.10 Å². The summed E-state index contributed by atoms with van der Waals surface area (Å²) < 4.78 is 5.61. The quantitative estimate of drug-likeness (QED) is 0.800. The highest BCUT2D eigenvalue weighted by molar-refractivity contribution is 7.99. The number of thioether (sulfide) groups is 1.